The second kappa shape index (κ2) is 3.91. The number of carbonyl (C=O) groups is 1. The van der Waals surface area contributed by atoms with Crippen molar-refractivity contribution in [3.8, 4) is 11.4 Å². The number of benzene rings is 1. The Morgan fingerprint density at radius 2 is 2.00 bits per heavy atom. The lowest BCUT2D eigenvalue weighted by atomic mass is 10.2. The summed E-state index contributed by atoms with van der Waals surface area (Å²) in [5, 5.41) is 13.2. The number of carboxylic acids is 1. The third kappa shape index (κ3) is 1.67. The third-order valence-electron chi connectivity index (χ3n) is 2.85. The van der Waals surface area contributed by atoms with Crippen LogP contribution in [-0.4, -0.2) is 30.2 Å². The molecule has 1 aromatic carbocycles. The second-order valence-electron chi connectivity index (χ2n) is 4.05. The number of hydrogen-bond donors (Lipinski definition) is 1. The smallest absolute Gasteiger partial charge is 0.356 e. The van der Waals surface area contributed by atoms with Gasteiger partial charge in [0.05, 0.1) is 6.20 Å². The van der Waals surface area contributed by atoms with Gasteiger partial charge in [0, 0.05) is 12.6 Å². The Hall–Kier alpha value is -2.70. The van der Waals surface area contributed by atoms with E-state index in [1.165, 1.54) is 22.8 Å². The lowest BCUT2D eigenvalue weighted by molar-refractivity contribution is 0.0688. The van der Waals surface area contributed by atoms with E-state index in [2.05, 4.69) is 10.1 Å². The van der Waals surface area contributed by atoms with Crippen LogP contribution < -0.4 is 0 Å². The molecule has 0 atom stereocenters. The molecule has 1 N–H and O–H groups in total. The molecule has 0 aliphatic carbocycles. The van der Waals surface area contributed by atoms with Crippen LogP contribution in [0, 0.1) is 5.82 Å². The molecule has 0 fully saturated rings. The highest BCUT2D eigenvalue weighted by Crippen LogP contribution is 2.20. The fourth-order valence-corrected chi connectivity index (χ4v) is 1.92. The number of carboxylic acid groups (broad SMARTS) is 1. The number of nitrogens with zero attached hydrogens (tertiary/aromatic N) is 4. The molecule has 0 spiro atoms. The van der Waals surface area contributed by atoms with Gasteiger partial charge in [0.15, 0.2) is 11.5 Å². The minimum atomic E-state index is -1.10. The summed E-state index contributed by atoms with van der Waals surface area (Å²) in [4.78, 5) is 15.0. The van der Waals surface area contributed by atoms with Gasteiger partial charge in [-0.2, -0.15) is 4.52 Å². The maximum absolute atomic E-state index is 12.9. The van der Waals surface area contributed by atoms with Gasteiger partial charge in [0.25, 0.3) is 0 Å². The highest BCUT2D eigenvalue weighted by Gasteiger charge is 2.17. The van der Waals surface area contributed by atoms with E-state index in [0.717, 1.165) is 0 Å². The van der Waals surface area contributed by atoms with E-state index in [-0.39, 0.29) is 11.5 Å². The number of aromatic carboxylic acids is 1. The van der Waals surface area contributed by atoms with E-state index in [0.29, 0.717) is 17.2 Å². The minimum Gasteiger partial charge on any atom is -0.476 e. The summed E-state index contributed by atoms with van der Waals surface area (Å²) in [6.45, 7) is 0. The summed E-state index contributed by atoms with van der Waals surface area (Å²) in [5.74, 6) is -0.507. The zero-order valence-electron chi connectivity index (χ0n) is 9.91. The van der Waals surface area contributed by atoms with Gasteiger partial charge in [-0.1, -0.05) is 0 Å². The summed E-state index contributed by atoms with van der Waals surface area (Å²) >= 11 is 0. The van der Waals surface area contributed by atoms with Crippen molar-refractivity contribution in [3.05, 3.63) is 42.0 Å². The molecule has 0 unspecified atom stereocenters. The van der Waals surface area contributed by atoms with Crippen LogP contribution in [0.15, 0.2) is 30.5 Å². The van der Waals surface area contributed by atoms with E-state index < -0.39 is 5.97 Å². The van der Waals surface area contributed by atoms with Gasteiger partial charge in [-0.3, -0.25) is 4.57 Å². The largest absolute Gasteiger partial charge is 0.476 e. The first-order chi connectivity index (χ1) is 9.08. The molecular weight excluding hydrogens is 251 g/mol. The van der Waals surface area contributed by atoms with Crippen LogP contribution in [0.3, 0.4) is 0 Å². The number of aromatic nitrogens is 4. The topological polar surface area (TPSA) is 72.4 Å². The molecule has 0 saturated carbocycles. The minimum absolute atomic E-state index is 0.0149. The lowest BCUT2D eigenvalue weighted by Crippen LogP contribution is -2.01. The Labute approximate surface area is 106 Å². The number of hydrogen-bond acceptors (Lipinski definition) is 3. The Morgan fingerprint density at radius 1 is 1.32 bits per heavy atom. The normalized spacial score (nSPS) is 11.1. The first-order valence-electron chi connectivity index (χ1n) is 5.47. The predicted octanol–water partition coefficient (Wildman–Crippen LogP) is 1.57. The fourth-order valence-electron chi connectivity index (χ4n) is 1.92. The molecule has 96 valence electrons. The molecule has 0 saturated heterocycles. The van der Waals surface area contributed by atoms with E-state index in [1.54, 1.807) is 23.7 Å². The maximum Gasteiger partial charge on any atom is 0.356 e. The summed E-state index contributed by atoms with van der Waals surface area (Å²) in [7, 11) is 1.72. The first-order valence-corrected chi connectivity index (χ1v) is 5.47. The number of imidazole rings is 1. The SMILES string of the molecule is Cn1c(-c2ccc(F)cc2)nn2c(C(=O)O)cnc12. The zero-order chi connectivity index (χ0) is 13.6. The van der Waals surface area contributed by atoms with Crippen LogP contribution in [0.5, 0.6) is 0 Å². The van der Waals surface area contributed by atoms with Gasteiger partial charge < -0.3 is 5.11 Å². The van der Waals surface area contributed by atoms with Gasteiger partial charge in [-0.25, -0.2) is 14.2 Å². The quantitative estimate of drug-likeness (QED) is 0.759. The summed E-state index contributed by atoms with van der Waals surface area (Å²) in [5.41, 5.74) is 0.671. The van der Waals surface area contributed by atoms with Crippen molar-refractivity contribution < 1.29 is 14.3 Å². The average molecular weight is 260 g/mol. The highest BCUT2D eigenvalue weighted by molar-refractivity contribution is 5.86. The van der Waals surface area contributed by atoms with Crippen LogP contribution in [0.25, 0.3) is 17.2 Å². The molecule has 2 aromatic heterocycles. The van der Waals surface area contributed by atoms with Crippen LogP contribution in [0.1, 0.15) is 10.5 Å². The average Bonchev–Trinajstić information content (AvgIpc) is 2.91. The van der Waals surface area contributed by atoms with Crippen molar-refractivity contribution in [3.63, 3.8) is 0 Å². The van der Waals surface area contributed by atoms with E-state index in [4.69, 9.17) is 5.11 Å². The van der Waals surface area contributed by atoms with Gasteiger partial charge >= 0.3 is 5.97 Å². The number of halogens is 1. The Bertz CT molecular complexity index is 773. The number of rotatable bonds is 2. The molecule has 0 aliphatic rings. The molecule has 6 nitrogen and oxygen atoms in total. The van der Waals surface area contributed by atoms with Crippen molar-refractivity contribution in [2.45, 2.75) is 0 Å². The summed E-state index contributed by atoms with van der Waals surface area (Å²) in [6.07, 6.45) is 1.25. The molecule has 7 heteroatoms. The van der Waals surface area contributed by atoms with Gasteiger partial charge in [-0.15, -0.1) is 5.10 Å². The van der Waals surface area contributed by atoms with Gasteiger partial charge in [0.2, 0.25) is 5.78 Å². The zero-order valence-corrected chi connectivity index (χ0v) is 9.91. The molecule has 19 heavy (non-hydrogen) atoms. The summed E-state index contributed by atoms with van der Waals surface area (Å²) < 4.78 is 15.8. The van der Waals surface area contributed by atoms with Crippen molar-refractivity contribution in [1.29, 1.82) is 0 Å². The Balaban J connectivity index is 2.22. The summed E-state index contributed by atoms with van der Waals surface area (Å²) in [6, 6.07) is 5.81. The van der Waals surface area contributed by atoms with Gasteiger partial charge in [-0.05, 0) is 24.3 Å². The van der Waals surface area contributed by atoms with Crippen molar-refractivity contribution in [2.75, 3.05) is 0 Å². The van der Waals surface area contributed by atoms with Crippen molar-refractivity contribution >= 4 is 11.7 Å². The van der Waals surface area contributed by atoms with Crippen LogP contribution in [0.4, 0.5) is 4.39 Å². The van der Waals surface area contributed by atoms with Crippen LogP contribution in [-0.2, 0) is 7.05 Å². The Kier molecular flexibility index (Phi) is 2.34. The molecular formula is C12H9FN4O2. The number of aryl methyl sites for hydroxylation is 1. The standard InChI is InChI=1S/C12H9FN4O2/c1-16-10(7-2-4-8(13)5-3-7)15-17-9(11(18)19)6-14-12(16)17/h2-6H,1H3,(H,18,19). The van der Waals surface area contributed by atoms with E-state index in [1.807, 2.05) is 0 Å². The number of fused-ring (bicyclic) bond motifs is 1. The third-order valence-corrected chi connectivity index (χ3v) is 2.85. The molecule has 0 radical (unpaired) electrons. The van der Waals surface area contributed by atoms with E-state index >= 15 is 0 Å². The molecule has 0 amide bonds. The Morgan fingerprint density at radius 3 is 2.63 bits per heavy atom. The molecule has 3 rings (SSSR count). The fraction of sp³-hybridized carbons (Fsp3) is 0.0833. The van der Waals surface area contributed by atoms with Gasteiger partial charge in [0.1, 0.15) is 5.82 Å². The van der Waals surface area contributed by atoms with Crippen LogP contribution in [0.2, 0.25) is 0 Å². The van der Waals surface area contributed by atoms with E-state index in [9.17, 15) is 9.18 Å². The maximum atomic E-state index is 12.9. The highest BCUT2D eigenvalue weighted by atomic mass is 19.1. The van der Waals surface area contributed by atoms with Crippen LogP contribution >= 0.6 is 0 Å². The first kappa shape index (κ1) is 11.4. The second-order valence-corrected chi connectivity index (χ2v) is 4.05. The molecule has 0 bridgehead atoms. The predicted molar refractivity (Wildman–Crippen MR) is 64.3 cm³/mol. The van der Waals surface area contributed by atoms with Crippen molar-refractivity contribution in [2.24, 2.45) is 7.05 Å². The molecule has 0 aliphatic heterocycles. The molecule has 2 heterocycles. The monoisotopic (exact) mass is 260 g/mol. The van der Waals surface area contributed by atoms with Crippen molar-refractivity contribution in [1.82, 2.24) is 19.2 Å². The molecule has 3 aromatic rings. The lowest BCUT2D eigenvalue weighted by Gasteiger charge is -1.99.